The molecule has 0 spiro atoms. The van der Waals surface area contributed by atoms with Crippen LogP contribution in [0.25, 0.3) is 0 Å². The molecular weight excluding hydrogens is 420 g/mol. The first kappa shape index (κ1) is 23.2. The van der Waals surface area contributed by atoms with Gasteiger partial charge in [0.2, 0.25) is 5.91 Å². The van der Waals surface area contributed by atoms with Gasteiger partial charge in [-0.15, -0.1) is 11.3 Å². The number of anilines is 1. The molecule has 1 aromatic heterocycles. The number of hydrogen-bond acceptors (Lipinski definition) is 7. The van der Waals surface area contributed by atoms with Crippen molar-refractivity contribution in [3.05, 3.63) is 16.0 Å². The Labute approximate surface area is 186 Å². The van der Waals surface area contributed by atoms with E-state index in [-0.39, 0.29) is 19.1 Å². The van der Waals surface area contributed by atoms with E-state index in [1.165, 1.54) is 16.2 Å². The van der Waals surface area contributed by atoms with Crippen molar-refractivity contribution in [2.45, 2.75) is 58.8 Å². The average Bonchev–Trinajstić information content (AvgIpc) is 2.94. The van der Waals surface area contributed by atoms with Gasteiger partial charge < -0.3 is 19.7 Å². The summed E-state index contributed by atoms with van der Waals surface area (Å²) >= 11 is 1.39. The van der Waals surface area contributed by atoms with Crippen LogP contribution in [0, 0.1) is 5.92 Å². The number of nitrogens with zero attached hydrogens (tertiary/aromatic N) is 1. The molecule has 2 heterocycles. The molecule has 0 radical (unpaired) electrons. The van der Waals surface area contributed by atoms with Gasteiger partial charge in [0.25, 0.3) is 5.91 Å². The van der Waals surface area contributed by atoms with Crippen LogP contribution >= 0.6 is 11.3 Å². The van der Waals surface area contributed by atoms with Crippen molar-refractivity contribution in [2.75, 3.05) is 31.6 Å². The van der Waals surface area contributed by atoms with Crippen molar-refractivity contribution in [1.29, 1.82) is 0 Å². The molecule has 1 aliphatic carbocycles. The highest BCUT2D eigenvalue weighted by Crippen LogP contribution is 2.40. The molecule has 1 saturated heterocycles. The zero-order valence-corrected chi connectivity index (χ0v) is 19.0. The number of ether oxygens (including phenoxy) is 2. The third-order valence-corrected chi connectivity index (χ3v) is 6.77. The Morgan fingerprint density at radius 2 is 1.97 bits per heavy atom. The maximum atomic E-state index is 12.5. The lowest BCUT2D eigenvalue weighted by atomic mass is 9.88. The van der Waals surface area contributed by atoms with Gasteiger partial charge in [0.15, 0.2) is 6.61 Å². The van der Waals surface area contributed by atoms with Gasteiger partial charge in [-0.1, -0.05) is 13.3 Å². The van der Waals surface area contributed by atoms with Gasteiger partial charge >= 0.3 is 11.9 Å². The maximum Gasteiger partial charge on any atom is 0.341 e. The molecule has 1 aromatic rings. The number of amides is 2. The van der Waals surface area contributed by atoms with Crippen LogP contribution in [0.5, 0.6) is 0 Å². The molecule has 2 amide bonds. The largest absolute Gasteiger partial charge is 0.462 e. The Balaban J connectivity index is 1.60. The van der Waals surface area contributed by atoms with E-state index in [1.807, 2.05) is 0 Å². The van der Waals surface area contributed by atoms with Crippen LogP contribution in [-0.2, 0) is 36.7 Å². The van der Waals surface area contributed by atoms with Crippen LogP contribution < -0.4 is 5.32 Å². The molecule has 1 N–H and O–H groups in total. The van der Waals surface area contributed by atoms with Crippen molar-refractivity contribution in [3.63, 3.8) is 0 Å². The summed E-state index contributed by atoms with van der Waals surface area (Å²) in [6.45, 7) is 4.07. The number of esters is 2. The van der Waals surface area contributed by atoms with Crippen LogP contribution in [0.15, 0.2) is 0 Å². The summed E-state index contributed by atoms with van der Waals surface area (Å²) < 4.78 is 10.3. The summed E-state index contributed by atoms with van der Waals surface area (Å²) in [5.41, 5.74) is 1.37. The van der Waals surface area contributed by atoms with E-state index in [9.17, 15) is 19.2 Å². The predicted molar refractivity (Wildman–Crippen MR) is 116 cm³/mol. The molecule has 0 bridgehead atoms. The van der Waals surface area contributed by atoms with Gasteiger partial charge in [-0.2, -0.15) is 0 Å². The number of fused-ring (bicyclic) bond motifs is 1. The lowest BCUT2D eigenvalue weighted by Gasteiger charge is -2.19. The van der Waals surface area contributed by atoms with Gasteiger partial charge in [-0.3, -0.25) is 14.4 Å². The number of hydrogen-bond donors (Lipinski definition) is 1. The number of likely N-dealkylation sites (tertiary alicyclic amines) is 1. The first-order valence-corrected chi connectivity index (χ1v) is 11.8. The zero-order chi connectivity index (χ0) is 22.4. The molecule has 0 saturated carbocycles. The highest BCUT2D eigenvalue weighted by Gasteiger charge is 2.29. The van der Waals surface area contributed by atoms with E-state index < -0.39 is 24.5 Å². The van der Waals surface area contributed by atoms with Crippen molar-refractivity contribution in [2.24, 2.45) is 5.92 Å². The summed E-state index contributed by atoms with van der Waals surface area (Å²) in [5.74, 6) is -1.12. The van der Waals surface area contributed by atoms with Gasteiger partial charge in [0.1, 0.15) is 11.5 Å². The number of thiophene rings is 1. The molecule has 0 aromatic carbocycles. The van der Waals surface area contributed by atoms with E-state index in [4.69, 9.17) is 9.47 Å². The molecule has 170 valence electrons. The van der Waals surface area contributed by atoms with Gasteiger partial charge in [-0.25, -0.2) is 4.79 Å². The minimum absolute atomic E-state index is 0.0589. The Bertz CT molecular complexity index is 849. The highest BCUT2D eigenvalue weighted by atomic mass is 32.1. The van der Waals surface area contributed by atoms with Crippen molar-refractivity contribution in [1.82, 2.24) is 4.90 Å². The van der Waals surface area contributed by atoms with Crippen LogP contribution in [-0.4, -0.2) is 55.0 Å². The van der Waals surface area contributed by atoms with Gasteiger partial charge in [0.05, 0.1) is 12.2 Å². The fraction of sp³-hybridized carbons (Fsp3) is 0.636. The molecular formula is C22H30N2O6S. The number of nitrogens with one attached hydrogen (secondary N) is 1. The molecule has 1 atom stereocenters. The fourth-order valence-electron chi connectivity index (χ4n) is 3.97. The Morgan fingerprint density at radius 1 is 1.16 bits per heavy atom. The van der Waals surface area contributed by atoms with Crippen molar-refractivity contribution in [3.8, 4) is 0 Å². The van der Waals surface area contributed by atoms with E-state index in [0.717, 1.165) is 49.0 Å². The highest BCUT2D eigenvalue weighted by molar-refractivity contribution is 7.17. The SMILES string of the molecule is CCOC(=O)c1c(NC(=O)COC(=O)CN2CCCCCC2=O)sc2c1CCC(C)C2. The van der Waals surface area contributed by atoms with E-state index in [2.05, 4.69) is 12.2 Å². The first-order valence-electron chi connectivity index (χ1n) is 10.9. The molecule has 3 rings (SSSR count). The second-order valence-electron chi connectivity index (χ2n) is 8.11. The summed E-state index contributed by atoms with van der Waals surface area (Å²) in [6, 6.07) is 0. The van der Waals surface area contributed by atoms with E-state index in [0.29, 0.717) is 29.4 Å². The van der Waals surface area contributed by atoms with E-state index in [1.54, 1.807) is 6.92 Å². The quantitative estimate of drug-likeness (QED) is 0.641. The zero-order valence-electron chi connectivity index (χ0n) is 18.2. The molecule has 1 aliphatic heterocycles. The molecule has 31 heavy (non-hydrogen) atoms. The smallest absolute Gasteiger partial charge is 0.341 e. The van der Waals surface area contributed by atoms with Crippen LogP contribution in [0.4, 0.5) is 5.00 Å². The maximum absolute atomic E-state index is 12.5. The van der Waals surface area contributed by atoms with E-state index >= 15 is 0 Å². The molecule has 2 aliphatic rings. The number of carbonyl (C=O) groups excluding carboxylic acids is 4. The fourth-order valence-corrected chi connectivity index (χ4v) is 5.39. The Morgan fingerprint density at radius 3 is 2.74 bits per heavy atom. The summed E-state index contributed by atoms with van der Waals surface area (Å²) in [4.78, 5) is 51.6. The summed E-state index contributed by atoms with van der Waals surface area (Å²) in [7, 11) is 0. The number of carbonyl (C=O) groups is 4. The normalized spacial score (nSPS) is 18.7. The minimum atomic E-state index is -0.615. The van der Waals surface area contributed by atoms with Crippen molar-refractivity contribution >= 4 is 40.1 Å². The lowest BCUT2D eigenvalue weighted by Crippen LogP contribution is -2.36. The molecule has 1 unspecified atom stereocenters. The average molecular weight is 451 g/mol. The molecule has 9 heteroatoms. The first-order chi connectivity index (χ1) is 14.9. The minimum Gasteiger partial charge on any atom is -0.462 e. The van der Waals surface area contributed by atoms with Crippen LogP contribution in [0.3, 0.4) is 0 Å². The van der Waals surface area contributed by atoms with Gasteiger partial charge in [-0.05, 0) is 50.5 Å². The monoisotopic (exact) mass is 450 g/mol. The molecule has 8 nitrogen and oxygen atoms in total. The Hall–Kier alpha value is -2.42. The third-order valence-electron chi connectivity index (χ3n) is 5.60. The predicted octanol–water partition coefficient (Wildman–Crippen LogP) is 2.93. The third kappa shape index (κ3) is 6.06. The summed E-state index contributed by atoms with van der Waals surface area (Å²) in [6.07, 6.45) is 5.71. The van der Waals surface area contributed by atoms with Crippen LogP contribution in [0.2, 0.25) is 0 Å². The van der Waals surface area contributed by atoms with Crippen LogP contribution in [0.1, 0.15) is 66.8 Å². The molecule has 1 fully saturated rings. The Kier molecular flexibility index (Phi) is 8.06. The summed E-state index contributed by atoms with van der Waals surface area (Å²) in [5, 5.41) is 3.17. The lowest BCUT2D eigenvalue weighted by molar-refractivity contribution is -0.151. The second kappa shape index (κ2) is 10.7. The van der Waals surface area contributed by atoms with Gasteiger partial charge in [0, 0.05) is 17.8 Å². The standard InChI is InChI=1S/C22H30N2O6S/c1-3-29-22(28)20-15-9-8-14(2)11-16(15)31-21(20)23-17(25)13-30-19(27)12-24-10-6-4-5-7-18(24)26/h14H,3-13H2,1-2H3,(H,23,25). The second-order valence-corrected chi connectivity index (χ2v) is 9.22. The topological polar surface area (TPSA) is 102 Å². The number of rotatable bonds is 7. The van der Waals surface area contributed by atoms with Crippen molar-refractivity contribution < 1.29 is 28.7 Å².